The minimum absolute atomic E-state index is 0.0977. The van der Waals surface area contributed by atoms with Gasteiger partial charge >= 0.3 is 6.29 Å². The average Bonchev–Trinajstić information content (AvgIpc) is 3.07. The maximum atomic E-state index is 13.2. The van der Waals surface area contributed by atoms with Crippen LogP contribution in [0.5, 0.6) is 11.5 Å². The minimum Gasteiger partial charge on any atom is -0.395 e. The Balaban J connectivity index is 1.72. The quantitative estimate of drug-likeness (QED) is 0.697. The molecule has 1 aromatic rings. The van der Waals surface area contributed by atoms with Crippen molar-refractivity contribution in [3.8, 4) is 11.5 Å². The van der Waals surface area contributed by atoms with Crippen molar-refractivity contribution in [2.75, 3.05) is 13.2 Å². The molecule has 2 aliphatic rings. The van der Waals surface area contributed by atoms with Crippen LogP contribution in [0, 0.1) is 10.8 Å². The summed E-state index contributed by atoms with van der Waals surface area (Å²) >= 11 is 0. The maximum Gasteiger partial charge on any atom is 0.586 e. The van der Waals surface area contributed by atoms with Crippen LogP contribution in [-0.2, 0) is 10.2 Å². The second-order valence-electron chi connectivity index (χ2n) is 8.96. The van der Waals surface area contributed by atoms with Crippen molar-refractivity contribution in [3.63, 3.8) is 0 Å². The van der Waals surface area contributed by atoms with Gasteiger partial charge in [-0.2, -0.15) is 0 Å². The van der Waals surface area contributed by atoms with Gasteiger partial charge in [0.05, 0.1) is 6.61 Å². The monoisotopic (exact) mass is 354 g/mol. The number of fused-ring (bicyclic) bond motifs is 1. The maximum absolute atomic E-state index is 13.2. The van der Waals surface area contributed by atoms with Gasteiger partial charge in [-0.1, -0.05) is 40.7 Å². The standard InChI is InChI=1S/C20H28F2O3/c1-17(2,8-9-18(3,4)19(5)10-11-23-13-19)14-6-7-15-16(12-14)25-20(21,22)24-15/h6-7,12H,8-11,13H2,1-5H3. The summed E-state index contributed by atoms with van der Waals surface area (Å²) < 4.78 is 41.2. The third-order valence-electron chi connectivity index (χ3n) is 6.41. The van der Waals surface area contributed by atoms with E-state index in [-0.39, 0.29) is 27.7 Å². The summed E-state index contributed by atoms with van der Waals surface area (Å²) in [5.41, 5.74) is 1.16. The Morgan fingerprint density at radius 3 is 2.36 bits per heavy atom. The highest BCUT2D eigenvalue weighted by Crippen LogP contribution is 2.50. The molecule has 2 aliphatic heterocycles. The van der Waals surface area contributed by atoms with Crippen molar-refractivity contribution >= 4 is 0 Å². The van der Waals surface area contributed by atoms with Crippen LogP contribution >= 0.6 is 0 Å². The molecule has 1 fully saturated rings. The number of halogens is 2. The molecule has 140 valence electrons. The Bertz CT molecular complexity index is 646. The molecule has 0 saturated carbocycles. The Hall–Kier alpha value is -1.36. The van der Waals surface area contributed by atoms with Crippen LogP contribution < -0.4 is 9.47 Å². The summed E-state index contributed by atoms with van der Waals surface area (Å²) in [5.74, 6) is 0.214. The molecule has 0 aromatic heterocycles. The molecule has 0 aliphatic carbocycles. The van der Waals surface area contributed by atoms with Crippen molar-refractivity contribution in [1.82, 2.24) is 0 Å². The summed E-state index contributed by atoms with van der Waals surface area (Å²) in [5, 5.41) is 0. The van der Waals surface area contributed by atoms with E-state index in [9.17, 15) is 8.78 Å². The lowest BCUT2D eigenvalue weighted by molar-refractivity contribution is -0.286. The highest BCUT2D eigenvalue weighted by Gasteiger charge is 2.45. The van der Waals surface area contributed by atoms with E-state index in [1.54, 1.807) is 12.1 Å². The molecule has 25 heavy (non-hydrogen) atoms. The molecular formula is C20H28F2O3. The molecule has 1 aromatic carbocycles. The fourth-order valence-corrected chi connectivity index (χ4v) is 3.64. The summed E-state index contributed by atoms with van der Waals surface area (Å²) in [7, 11) is 0. The SMILES string of the molecule is CC(C)(CCC(C)(C)C1(C)CCOC1)c1ccc2c(c1)OC(F)(F)O2. The summed E-state index contributed by atoms with van der Waals surface area (Å²) in [6.45, 7) is 12.8. The van der Waals surface area contributed by atoms with Crippen LogP contribution in [0.4, 0.5) is 8.78 Å². The number of ether oxygens (including phenoxy) is 3. The highest BCUT2D eigenvalue weighted by atomic mass is 19.3. The zero-order chi connectivity index (χ0) is 18.5. The second-order valence-corrected chi connectivity index (χ2v) is 8.96. The number of benzene rings is 1. The molecule has 3 nitrogen and oxygen atoms in total. The molecule has 2 heterocycles. The van der Waals surface area contributed by atoms with Crippen molar-refractivity contribution in [1.29, 1.82) is 0 Å². The third kappa shape index (κ3) is 3.48. The molecule has 0 spiro atoms. The zero-order valence-corrected chi connectivity index (χ0v) is 15.7. The summed E-state index contributed by atoms with van der Waals surface area (Å²) in [6, 6.07) is 5.12. The van der Waals surface area contributed by atoms with E-state index in [0.29, 0.717) is 0 Å². The predicted molar refractivity (Wildman–Crippen MR) is 92.2 cm³/mol. The number of alkyl halides is 2. The van der Waals surface area contributed by atoms with Crippen LogP contribution in [-0.4, -0.2) is 19.5 Å². The van der Waals surface area contributed by atoms with Gasteiger partial charge in [0, 0.05) is 6.61 Å². The van der Waals surface area contributed by atoms with Gasteiger partial charge in [-0.3, -0.25) is 0 Å². The van der Waals surface area contributed by atoms with Gasteiger partial charge in [0.1, 0.15) is 0 Å². The lowest BCUT2D eigenvalue weighted by atomic mass is 9.62. The largest absolute Gasteiger partial charge is 0.586 e. The predicted octanol–water partition coefficient (Wildman–Crippen LogP) is 5.52. The first-order chi connectivity index (χ1) is 11.4. The van der Waals surface area contributed by atoms with Crippen LogP contribution in [0.15, 0.2) is 18.2 Å². The molecule has 0 radical (unpaired) electrons. The molecule has 3 rings (SSSR count). The van der Waals surface area contributed by atoms with Crippen LogP contribution in [0.2, 0.25) is 0 Å². The fraction of sp³-hybridized carbons (Fsp3) is 0.700. The van der Waals surface area contributed by atoms with Crippen molar-refractivity contribution in [2.45, 2.75) is 65.6 Å². The Morgan fingerprint density at radius 2 is 1.72 bits per heavy atom. The Kier molecular flexibility index (Phi) is 4.30. The van der Waals surface area contributed by atoms with E-state index < -0.39 is 6.29 Å². The van der Waals surface area contributed by atoms with Crippen LogP contribution in [0.25, 0.3) is 0 Å². The normalized spacial score (nSPS) is 25.4. The third-order valence-corrected chi connectivity index (χ3v) is 6.41. The number of hydrogen-bond acceptors (Lipinski definition) is 3. The number of rotatable bonds is 5. The van der Waals surface area contributed by atoms with Gasteiger partial charge in [-0.05, 0) is 53.2 Å². The summed E-state index contributed by atoms with van der Waals surface area (Å²) in [4.78, 5) is 0. The Morgan fingerprint density at radius 1 is 1.04 bits per heavy atom. The average molecular weight is 354 g/mol. The first-order valence-electron chi connectivity index (χ1n) is 8.92. The fourth-order valence-electron chi connectivity index (χ4n) is 3.64. The van der Waals surface area contributed by atoms with Crippen LogP contribution in [0.3, 0.4) is 0 Å². The van der Waals surface area contributed by atoms with Crippen molar-refractivity contribution < 1.29 is 23.0 Å². The van der Waals surface area contributed by atoms with Crippen LogP contribution in [0.1, 0.15) is 59.4 Å². The highest BCUT2D eigenvalue weighted by molar-refractivity contribution is 5.47. The van der Waals surface area contributed by atoms with E-state index >= 15 is 0 Å². The van der Waals surface area contributed by atoms with Gasteiger partial charge in [0.15, 0.2) is 11.5 Å². The number of hydrogen-bond donors (Lipinski definition) is 0. The molecular weight excluding hydrogens is 326 g/mol. The molecule has 5 heteroatoms. The van der Waals surface area contributed by atoms with E-state index in [1.165, 1.54) is 0 Å². The second kappa shape index (κ2) is 5.83. The lowest BCUT2D eigenvalue weighted by Crippen LogP contribution is -2.37. The van der Waals surface area contributed by atoms with Gasteiger partial charge in [0.25, 0.3) is 0 Å². The lowest BCUT2D eigenvalue weighted by Gasteiger charge is -2.42. The summed E-state index contributed by atoms with van der Waals surface area (Å²) in [6.07, 6.45) is -0.500. The molecule has 1 unspecified atom stereocenters. The smallest absolute Gasteiger partial charge is 0.395 e. The Labute approximate surface area is 148 Å². The zero-order valence-electron chi connectivity index (χ0n) is 15.7. The first-order valence-corrected chi connectivity index (χ1v) is 8.92. The van der Waals surface area contributed by atoms with E-state index in [2.05, 4.69) is 44.1 Å². The first kappa shape index (κ1) is 18.4. The minimum atomic E-state index is -3.57. The van der Waals surface area contributed by atoms with Gasteiger partial charge in [0.2, 0.25) is 0 Å². The topological polar surface area (TPSA) is 27.7 Å². The van der Waals surface area contributed by atoms with Gasteiger partial charge in [-0.15, -0.1) is 8.78 Å². The van der Waals surface area contributed by atoms with Gasteiger partial charge < -0.3 is 14.2 Å². The molecule has 1 saturated heterocycles. The molecule has 0 amide bonds. The molecule has 1 atom stereocenters. The molecule has 0 bridgehead atoms. The van der Waals surface area contributed by atoms with Crippen molar-refractivity contribution in [2.24, 2.45) is 10.8 Å². The van der Waals surface area contributed by atoms with E-state index in [1.807, 2.05) is 6.07 Å². The van der Waals surface area contributed by atoms with Gasteiger partial charge in [-0.25, -0.2) is 0 Å². The van der Waals surface area contributed by atoms with Crippen molar-refractivity contribution in [3.05, 3.63) is 23.8 Å². The van der Waals surface area contributed by atoms with E-state index in [0.717, 1.165) is 38.0 Å². The molecule has 0 N–H and O–H groups in total. The van der Waals surface area contributed by atoms with E-state index in [4.69, 9.17) is 4.74 Å².